The fourth-order valence-electron chi connectivity index (χ4n) is 3.24. The van der Waals surface area contributed by atoms with Crippen molar-refractivity contribution in [2.45, 2.75) is 13.5 Å². The first-order valence-corrected chi connectivity index (χ1v) is 10.5. The van der Waals surface area contributed by atoms with Gasteiger partial charge in [-0.15, -0.1) is 11.3 Å². The van der Waals surface area contributed by atoms with Crippen LogP contribution in [-0.4, -0.2) is 22.4 Å². The zero-order chi connectivity index (χ0) is 20.5. The molecule has 2 aromatic carbocycles. The molecule has 0 spiro atoms. The number of fused-ring (bicyclic) bond motifs is 1. The molecule has 0 aliphatic carbocycles. The van der Waals surface area contributed by atoms with Crippen LogP contribution in [0.1, 0.15) is 15.2 Å². The molecule has 5 nitrogen and oxygen atoms in total. The fourth-order valence-corrected chi connectivity index (χ4v) is 4.50. The maximum Gasteiger partial charge on any atom is 0.263 e. The van der Waals surface area contributed by atoms with Crippen molar-refractivity contribution >= 4 is 43.3 Å². The predicted octanol–water partition coefficient (Wildman–Crippen LogP) is 5.09. The highest BCUT2D eigenvalue weighted by molar-refractivity contribution is 9.10. The van der Waals surface area contributed by atoms with E-state index in [1.807, 2.05) is 31.2 Å². The molecule has 0 saturated carbocycles. The van der Waals surface area contributed by atoms with Gasteiger partial charge in [0, 0.05) is 20.5 Å². The smallest absolute Gasteiger partial charge is 0.263 e. The van der Waals surface area contributed by atoms with Gasteiger partial charge >= 0.3 is 0 Å². The van der Waals surface area contributed by atoms with Crippen molar-refractivity contribution in [3.8, 4) is 16.9 Å². The lowest BCUT2D eigenvalue weighted by atomic mass is 10.0. The molecule has 0 fully saturated rings. The second-order valence-corrected chi connectivity index (χ2v) is 8.67. The topological polar surface area (TPSA) is 61.2 Å². The molecule has 0 radical (unpaired) electrons. The minimum absolute atomic E-state index is 0.0667. The maximum atomic E-state index is 13.2. The van der Waals surface area contributed by atoms with Gasteiger partial charge in [0.05, 0.1) is 25.4 Å². The van der Waals surface area contributed by atoms with Gasteiger partial charge in [0.1, 0.15) is 10.6 Å². The Balaban J connectivity index is 1.75. The summed E-state index contributed by atoms with van der Waals surface area (Å²) in [5.74, 6) is 0.516. The number of aromatic nitrogens is 2. The number of ether oxygens (including phenoxy) is 1. The Morgan fingerprint density at radius 3 is 2.48 bits per heavy atom. The summed E-state index contributed by atoms with van der Waals surface area (Å²) in [5.41, 5.74) is 2.14. The van der Waals surface area contributed by atoms with E-state index in [1.54, 1.807) is 31.4 Å². The number of hydrogen-bond donors (Lipinski definition) is 0. The number of nitrogens with zero attached hydrogens (tertiary/aromatic N) is 2. The van der Waals surface area contributed by atoms with E-state index in [0.717, 1.165) is 20.5 Å². The number of benzene rings is 2. The highest BCUT2D eigenvalue weighted by atomic mass is 79.9. The first-order chi connectivity index (χ1) is 14.0. The number of ketones is 1. The molecule has 0 atom stereocenters. The van der Waals surface area contributed by atoms with Crippen molar-refractivity contribution < 1.29 is 9.53 Å². The van der Waals surface area contributed by atoms with E-state index in [2.05, 4.69) is 20.9 Å². The van der Waals surface area contributed by atoms with Crippen molar-refractivity contribution in [1.82, 2.24) is 9.55 Å². The Kier molecular flexibility index (Phi) is 5.34. The molecule has 7 heteroatoms. The van der Waals surface area contributed by atoms with Gasteiger partial charge in [-0.3, -0.25) is 14.2 Å². The summed E-state index contributed by atoms with van der Waals surface area (Å²) in [6.45, 7) is 1.92. The molecule has 0 bridgehead atoms. The first kappa shape index (κ1) is 19.5. The van der Waals surface area contributed by atoms with Crippen LogP contribution in [-0.2, 0) is 6.54 Å². The van der Waals surface area contributed by atoms with Crippen LogP contribution in [0.2, 0.25) is 0 Å². The van der Waals surface area contributed by atoms with Crippen LogP contribution >= 0.6 is 27.3 Å². The van der Waals surface area contributed by atoms with Crippen LogP contribution in [0.5, 0.6) is 5.75 Å². The fraction of sp³-hybridized carbons (Fsp3) is 0.136. The number of carbonyl (C=O) groups is 1. The Bertz CT molecular complexity index is 1260. The van der Waals surface area contributed by atoms with Gasteiger partial charge in [-0.1, -0.05) is 28.1 Å². The maximum absolute atomic E-state index is 13.2. The van der Waals surface area contributed by atoms with Crippen molar-refractivity contribution in [1.29, 1.82) is 0 Å². The number of carbonyl (C=O) groups excluding carboxylic acids is 1. The van der Waals surface area contributed by atoms with Crippen molar-refractivity contribution in [2.24, 2.45) is 0 Å². The van der Waals surface area contributed by atoms with Crippen molar-refractivity contribution in [3.05, 3.63) is 80.1 Å². The molecule has 2 heterocycles. The molecule has 0 saturated heterocycles. The van der Waals surface area contributed by atoms with Gasteiger partial charge < -0.3 is 4.74 Å². The molecular weight excluding hydrogens is 452 g/mol. The molecular formula is C22H17BrN2O3S. The summed E-state index contributed by atoms with van der Waals surface area (Å²) in [4.78, 5) is 32.0. The molecule has 4 rings (SSSR count). The average Bonchev–Trinajstić information content (AvgIpc) is 3.07. The zero-order valence-electron chi connectivity index (χ0n) is 15.8. The Hall–Kier alpha value is -2.77. The SMILES string of the molecule is COc1ccc(C(=O)Cn2cnc3sc(C)c(-c4ccc(Br)cc4)c3c2=O)cc1. The van der Waals surface area contributed by atoms with Crippen molar-refractivity contribution in [2.75, 3.05) is 7.11 Å². The number of methoxy groups -OCH3 is 1. The normalized spacial score (nSPS) is 11.0. The molecule has 2 aromatic heterocycles. The van der Waals surface area contributed by atoms with E-state index in [9.17, 15) is 9.59 Å². The summed E-state index contributed by atoms with van der Waals surface area (Å²) in [6.07, 6.45) is 1.45. The lowest BCUT2D eigenvalue weighted by molar-refractivity contribution is 0.0970. The molecule has 0 aliphatic rings. The van der Waals surface area contributed by atoms with E-state index in [4.69, 9.17) is 4.74 Å². The molecule has 0 N–H and O–H groups in total. The van der Waals surface area contributed by atoms with Crippen LogP contribution in [0.15, 0.2) is 64.1 Å². The van der Waals surface area contributed by atoms with Gasteiger partial charge in [0.2, 0.25) is 0 Å². The van der Waals surface area contributed by atoms with Crippen LogP contribution in [0, 0.1) is 6.92 Å². The van der Waals surface area contributed by atoms with Gasteiger partial charge in [-0.2, -0.15) is 0 Å². The monoisotopic (exact) mass is 468 g/mol. The Morgan fingerprint density at radius 2 is 1.83 bits per heavy atom. The van der Waals surface area contributed by atoms with E-state index in [-0.39, 0.29) is 17.9 Å². The largest absolute Gasteiger partial charge is 0.497 e. The highest BCUT2D eigenvalue weighted by Crippen LogP contribution is 2.35. The van der Waals surface area contributed by atoms with Crippen LogP contribution < -0.4 is 10.3 Å². The predicted molar refractivity (Wildman–Crippen MR) is 119 cm³/mol. The number of Topliss-reactive ketones (excluding diaryl/α,β-unsaturated/α-hetero) is 1. The zero-order valence-corrected chi connectivity index (χ0v) is 18.2. The Morgan fingerprint density at radius 1 is 1.14 bits per heavy atom. The summed E-state index contributed by atoms with van der Waals surface area (Å²) in [7, 11) is 1.57. The third kappa shape index (κ3) is 3.75. The highest BCUT2D eigenvalue weighted by Gasteiger charge is 2.18. The molecule has 29 heavy (non-hydrogen) atoms. The quantitative estimate of drug-likeness (QED) is 0.382. The van der Waals surface area contributed by atoms with Gasteiger partial charge in [-0.25, -0.2) is 4.98 Å². The van der Waals surface area contributed by atoms with Gasteiger partial charge in [-0.05, 0) is 48.9 Å². The first-order valence-electron chi connectivity index (χ1n) is 8.89. The van der Waals surface area contributed by atoms with Gasteiger partial charge in [0.15, 0.2) is 5.78 Å². The molecule has 0 amide bonds. The molecule has 0 unspecified atom stereocenters. The van der Waals surface area contributed by atoms with Crippen molar-refractivity contribution in [3.63, 3.8) is 0 Å². The summed E-state index contributed by atoms with van der Waals surface area (Å²) in [5, 5.41) is 0.555. The van der Waals surface area contributed by atoms with Crippen LogP contribution in [0.4, 0.5) is 0 Å². The van der Waals surface area contributed by atoms with E-state index in [0.29, 0.717) is 21.5 Å². The lowest BCUT2D eigenvalue weighted by Gasteiger charge is -2.07. The number of thiophene rings is 1. The summed E-state index contributed by atoms with van der Waals surface area (Å²) >= 11 is 4.93. The summed E-state index contributed by atoms with van der Waals surface area (Å²) in [6, 6.07) is 14.7. The minimum atomic E-state index is -0.209. The van der Waals surface area contributed by atoms with E-state index >= 15 is 0 Å². The number of halogens is 1. The van der Waals surface area contributed by atoms with E-state index in [1.165, 1.54) is 22.2 Å². The number of aryl methyl sites for hydroxylation is 1. The molecule has 0 aliphatic heterocycles. The van der Waals surface area contributed by atoms with E-state index < -0.39 is 0 Å². The standard InChI is InChI=1S/C22H17BrN2O3S/c1-13-19(15-3-7-16(23)8-4-15)20-21(29-13)24-12-25(22(20)27)11-18(26)14-5-9-17(28-2)10-6-14/h3-10,12H,11H2,1-2H3. The second-order valence-electron chi connectivity index (χ2n) is 6.55. The van der Waals surface area contributed by atoms with Gasteiger partial charge in [0.25, 0.3) is 5.56 Å². The molecule has 146 valence electrons. The Labute approximate surface area is 179 Å². The minimum Gasteiger partial charge on any atom is -0.497 e. The number of hydrogen-bond acceptors (Lipinski definition) is 5. The average molecular weight is 469 g/mol. The van der Waals surface area contributed by atoms with Crippen LogP contribution in [0.25, 0.3) is 21.3 Å². The summed E-state index contributed by atoms with van der Waals surface area (Å²) < 4.78 is 7.47. The lowest BCUT2D eigenvalue weighted by Crippen LogP contribution is -2.24. The van der Waals surface area contributed by atoms with Crippen LogP contribution in [0.3, 0.4) is 0 Å². The molecule has 4 aromatic rings. The number of rotatable bonds is 5. The third-order valence-electron chi connectivity index (χ3n) is 4.71. The third-order valence-corrected chi connectivity index (χ3v) is 6.26. The second kappa shape index (κ2) is 7.93.